The maximum Gasteiger partial charge on any atom is 0.286 e. The van der Waals surface area contributed by atoms with Gasteiger partial charge in [-0.05, 0) is 24.3 Å². The summed E-state index contributed by atoms with van der Waals surface area (Å²) < 4.78 is 12.9. The zero-order chi connectivity index (χ0) is 19.4. The predicted molar refractivity (Wildman–Crippen MR) is 101 cm³/mol. The second kappa shape index (κ2) is 8.53. The van der Waals surface area contributed by atoms with Gasteiger partial charge in [0.25, 0.3) is 5.91 Å². The fraction of sp³-hybridized carbons (Fsp3) is 0.444. The molecule has 0 spiro atoms. The van der Waals surface area contributed by atoms with Crippen molar-refractivity contribution in [1.29, 1.82) is 0 Å². The minimum absolute atomic E-state index is 0.0156. The highest BCUT2D eigenvalue weighted by molar-refractivity contribution is 7.13. The summed E-state index contributed by atoms with van der Waals surface area (Å²) in [6.45, 7) is 7.37. The standard InChI is InChI=1S/C18H22FN5O2S/c1-12(2)18(26)24-9-7-23(8-10-24)11-15-21-22-17(27-15)16(25)20-14-5-3-13(19)4-6-14/h3-6,12H,7-11H2,1-2H3,(H,20,25). The Labute approximate surface area is 161 Å². The lowest BCUT2D eigenvalue weighted by Crippen LogP contribution is -2.49. The van der Waals surface area contributed by atoms with Gasteiger partial charge >= 0.3 is 0 Å². The molecule has 9 heteroatoms. The van der Waals surface area contributed by atoms with Gasteiger partial charge in [-0.25, -0.2) is 4.39 Å². The van der Waals surface area contributed by atoms with Crippen LogP contribution < -0.4 is 5.32 Å². The minimum atomic E-state index is -0.363. The quantitative estimate of drug-likeness (QED) is 0.846. The number of nitrogens with one attached hydrogen (secondary N) is 1. The van der Waals surface area contributed by atoms with E-state index in [2.05, 4.69) is 20.4 Å². The average Bonchev–Trinajstić information content (AvgIpc) is 3.12. The summed E-state index contributed by atoms with van der Waals surface area (Å²) in [5, 5.41) is 11.7. The summed E-state index contributed by atoms with van der Waals surface area (Å²) in [6.07, 6.45) is 0. The molecular formula is C18H22FN5O2S. The van der Waals surface area contributed by atoms with Gasteiger partial charge in [-0.1, -0.05) is 25.2 Å². The van der Waals surface area contributed by atoms with Crippen molar-refractivity contribution in [2.24, 2.45) is 5.92 Å². The first kappa shape index (κ1) is 19.4. The molecule has 1 N–H and O–H groups in total. The Kier molecular flexibility index (Phi) is 6.12. The number of carbonyl (C=O) groups is 2. The molecule has 3 rings (SSSR count). The van der Waals surface area contributed by atoms with Crippen LogP contribution in [0.1, 0.15) is 28.7 Å². The lowest BCUT2D eigenvalue weighted by molar-refractivity contribution is -0.136. The number of nitrogens with zero attached hydrogens (tertiary/aromatic N) is 4. The van der Waals surface area contributed by atoms with E-state index in [-0.39, 0.29) is 28.6 Å². The Balaban J connectivity index is 1.52. The van der Waals surface area contributed by atoms with Crippen LogP contribution in [0.3, 0.4) is 0 Å². The number of carbonyl (C=O) groups excluding carboxylic acids is 2. The summed E-state index contributed by atoms with van der Waals surface area (Å²) in [5.41, 5.74) is 0.504. The number of benzene rings is 1. The Morgan fingerprint density at radius 1 is 1.15 bits per heavy atom. The number of piperazine rings is 1. The Hall–Kier alpha value is -2.39. The molecule has 1 saturated heterocycles. The van der Waals surface area contributed by atoms with Crippen molar-refractivity contribution in [3.05, 3.63) is 40.1 Å². The third-order valence-corrected chi connectivity index (χ3v) is 5.21. The Morgan fingerprint density at radius 3 is 2.44 bits per heavy atom. The van der Waals surface area contributed by atoms with Crippen LogP contribution in [-0.4, -0.2) is 58.0 Å². The Morgan fingerprint density at radius 2 is 1.81 bits per heavy atom. The molecular weight excluding hydrogens is 369 g/mol. The molecule has 0 saturated carbocycles. The third-order valence-electron chi connectivity index (χ3n) is 4.30. The first-order valence-corrected chi connectivity index (χ1v) is 9.64. The van der Waals surface area contributed by atoms with Gasteiger partial charge in [-0.2, -0.15) is 0 Å². The topological polar surface area (TPSA) is 78.4 Å². The smallest absolute Gasteiger partial charge is 0.286 e. The maximum absolute atomic E-state index is 12.9. The normalized spacial score (nSPS) is 15.2. The molecule has 144 valence electrons. The van der Waals surface area contributed by atoms with E-state index in [1.807, 2.05) is 18.7 Å². The van der Waals surface area contributed by atoms with Gasteiger partial charge in [-0.3, -0.25) is 14.5 Å². The molecule has 1 aromatic carbocycles. The van der Waals surface area contributed by atoms with Crippen molar-refractivity contribution in [3.8, 4) is 0 Å². The molecule has 2 amide bonds. The third kappa shape index (κ3) is 5.08. The van der Waals surface area contributed by atoms with Crippen LogP contribution >= 0.6 is 11.3 Å². The van der Waals surface area contributed by atoms with Crippen LogP contribution in [0.4, 0.5) is 10.1 Å². The van der Waals surface area contributed by atoms with E-state index in [4.69, 9.17) is 0 Å². The molecule has 0 atom stereocenters. The first-order chi connectivity index (χ1) is 12.9. The summed E-state index contributed by atoms with van der Waals surface area (Å²) in [4.78, 5) is 28.4. The van der Waals surface area contributed by atoms with E-state index in [1.165, 1.54) is 35.6 Å². The largest absolute Gasteiger partial charge is 0.340 e. The van der Waals surface area contributed by atoms with Gasteiger partial charge in [0.05, 0.1) is 6.54 Å². The monoisotopic (exact) mass is 391 g/mol. The molecule has 0 aliphatic carbocycles. The first-order valence-electron chi connectivity index (χ1n) is 8.83. The van der Waals surface area contributed by atoms with Crippen molar-refractivity contribution in [2.75, 3.05) is 31.5 Å². The number of halogens is 1. The van der Waals surface area contributed by atoms with Crippen LogP contribution in [0, 0.1) is 11.7 Å². The van der Waals surface area contributed by atoms with Crippen LogP contribution in [0.5, 0.6) is 0 Å². The SMILES string of the molecule is CC(C)C(=O)N1CCN(Cc2nnc(C(=O)Nc3ccc(F)cc3)s2)CC1. The fourth-order valence-corrected chi connectivity index (χ4v) is 3.59. The average molecular weight is 391 g/mol. The van der Waals surface area contributed by atoms with E-state index in [1.54, 1.807) is 0 Å². The van der Waals surface area contributed by atoms with Crippen molar-refractivity contribution >= 4 is 28.8 Å². The maximum atomic E-state index is 12.9. The Bertz CT molecular complexity index is 800. The molecule has 0 unspecified atom stereocenters. The molecule has 1 fully saturated rings. The fourth-order valence-electron chi connectivity index (χ4n) is 2.81. The lowest BCUT2D eigenvalue weighted by atomic mass is 10.1. The molecule has 2 aromatic rings. The summed E-state index contributed by atoms with van der Waals surface area (Å²) in [6, 6.07) is 5.55. The van der Waals surface area contributed by atoms with Gasteiger partial charge in [-0.15, -0.1) is 10.2 Å². The number of hydrogen-bond acceptors (Lipinski definition) is 6. The second-order valence-electron chi connectivity index (χ2n) is 6.72. The molecule has 0 bridgehead atoms. The highest BCUT2D eigenvalue weighted by Crippen LogP contribution is 2.16. The molecule has 1 aromatic heterocycles. The number of hydrogen-bond donors (Lipinski definition) is 1. The van der Waals surface area contributed by atoms with Crippen molar-refractivity contribution in [1.82, 2.24) is 20.0 Å². The van der Waals surface area contributed by atoms with Gasteiger partial charge in [0.2, 0.25) is 10.9 Å². The molecule has 1 aliphatic heterocycles. The molecule has 0 radical (unpaired) electrons. The van der Waals surface area contributed by atoms with Crippen molar-refractivity contribution in [3.63, 3.8) is 0 Å². The number of rotatable bonds is 5. The van der Waals surface area contributed by atoms with Crippen LogP contribution in [-0.2, 0) is 11.3 Å². The van der Waals surface area contributed by atoms with E-state index in [9.17, 15) is 14.0 Å². The van der Waals surface area contributed by atoms with Crippen molar-refractivity contribution in [2.45, 2.75) is 20.4 Å². The summed E-state index contributed by atoms with van der Waals surface area (Å²) in [5.74, 6) is -0.522. The second-order valence-corrected chi connectivity index (χ2v) is 7.78. The van der Waals surface area contributed by atoms with Gasteiger partial charge < -0.3 is 10.2 Å². The van der Waals surface area contributed by atoms with Crippen LogP contribution in [0.15, 0.2) is 24.3 Å². The number of anilines is 1. The predicted octanol–water partition coefficient (Wildman–Crippen LogP) is 2.23. The highest BCUT2D eigenvalue weighted by atomic mass is 32.1. The lowest BCUT2D eigenvalue weighted by Gasteiger charge is -2.35. The van der Waals surface area contributed by atoms with Gasteiger partial charge in [0.15, 0.2) is 0 Å². The summed E-state index contributed by atoms with van der Waals surface area (Å²) in [7, 11) is 0. The molecule has 2 heterocycles. The number of amides is 2. The molecule has 1 aliphatic rings. The minimum Gasteiger partial charge on any atom is -0.340 e. The zero-order valence-corrected chi connectivity index (χ0v) is 16.1. The van der Waals surface area contributed by atoms with Gasteiger partial charge in [0, 0.05) is 37.8 Å². The molecule has 27 heavy (non-hydrogen) atoms. The van der Waals surface area contributed by atoms with Crippen molar-refractivity contribution < 1.29 is 14.0 Å². The van der Waals surface area contributed by atoms with E-state index in [0.29, 0.717) is 25.3 Å². The van der Waals surface area contributed by atoms with E-state index in [0.717, 1.165) is 18.1 Å². The number of aromatic nitrogens is 2. The summed E-state index contributed by atoms with van der Waals surface area (Å²) >= 11 is 1.24. The highest BCUT2D eigenvalue weighted by Gasteiger charge is 2.24. The van der Waals surface area contributed by atoms with E-state index < -0.39 is 0 Å². The van der Waals surface area contributed by atoms with Crippen LogP contribution in [0.2, 0.25) is 0 Å². The van der Waals surface area contributed by atoms with Crippen LogP contribution in [0.25, 0.3) is 0 Å². The van der Waals surface area contributed by atoms with E-state index >= 15 is 0 Å². The van der Waals surface area contributed by atoms with Gasteiger partial charge in [0.1, 0.15) is 10.8 Å². The molecule has 7 nitrogen and oxygen atoms in total. The zero-order valence-electron chi connectivity index (χ0n) is 15.3.